The summed E-state index contributed by atoms with van der Waals surface area (Å²) >= 11 is 0. The fourth-order valence-electron chi connectivity index (χ4n) is 4.34. The molecule has 0 bridgehead atoms. The van der Waals surface area contributed by atoms with Crippen LogP contribution in [0.2, 0.25) is 0 Å². The van der Waals surface area contributed by atoms with Crippen molar-refractivity contribution in [3.63, 3.8) is 0 Å². The first kappa shape index (κ1) is 20.0. The fraction of sp³-hybridized carbons (Fsp3) is 0.696. The Hall–Kier alpha value is -1.36. The van der Waals surface area contributed by atoms with Gasteiger partial charge in [-0.25, -0.2) is 0 Å². The minimum Gasteiger partial charge on any atom is -0.195 e. The summed E-state index contributed by atoms with van der Waals surface area (Å²) in [4.78, 5) is 0. The Bertz CT molecular complexity index is 495. The smallest absolute Gasteiger partial charge is 0.195 e. The van der Waals surface area contributed by atoms with E-state index in [1.54, 1.807) is 6.08 Å². The van der Waals surface area contributed by atoms with Crippen LogP contribution >= 0.6 is 0 Å². The minimum absolute atomic E-state index is 0.543. The highest BCUT2D eigenvalue weighted by Gasteiger charge is 2.20. The zero-order valence-corrected chi connectivity index (χ0v) is 15.8. The van der Waals surface area contributed by atoms with Gasteiger partial charge in [-0.1, -0.05) is 50.5 Å². The highest BCUT2D eigenvalue weighted by molar-refractivity contribution is 5.19. The Morgan fingerprint density at radius 3 is 1.96 bits per heavy atom. The van der Waals surface area contributed by atoms with Crippen LogP contribution < -0.4 is 0 Å². The van der Waals surface area contributed by atoms with Crippen LogP contribution in [0.3, 0.4) is 0 Å². The van der Waals surface area contributed by atoms with Crippen LogP contribution in [0.1, 0.15) is 77.6 Å². The Labute approximate surface area is 153 Å². The summed E-state index contributed by atoms with van der Waals surface area (Å²) in [6, 6.07) is 1.50. The van der Waals surface area contributed by atoms with Gasteiger partial charge in [-0.3, -0.25) is 0 Å². The topological polar surface area (TPSA) is 23.8 Å². The SMILES string of the molecule is CCCC[C@H]1CC[C@H](/C=C/C2CCC(C=CC=C(F)C#N)CC2)CC1. The highest BCUT2D eigenvalue weighted by atomic mass is 19.1. The zero-order chi connectivity index (χ0) is 17.9. The van der Waals surface area contributed by atoms with E-state index in [1.807, 2.05) is 0 Å². The maximum Gasteiger partial charge on any atom is 0.199 e. The van der Waals surface area contributed by atoms with Crippen LogP contribution in [0, 0.1) is 35.0 Å². The van der Waals surface area contributed by atoms with Crippen molar-refractivity contribution in [2.24, 2.45) is 23.7 Å². The molecule has 2 saturated carbocycles. The van der Waals surface area contributed by atoms with Crippen molar-refractivity contribution >= 4 is 0 Å². The number of hydrogen-bond donors (Lipinski definition) is 0. The minimum atomic E-state index is -0.711. The van der Waals surface area contributed by atoms with Gasteiger partial charge in [0.25, 0.3) is 0 Å². The predicted molar refractivity (Wildman–Crippen MR) is 104 cm³/mol. The summed E-state index contributed by atoms with van der Waals surface area (Å²) in [5.41, 5.74) is 0. The normalized spacial score (nSPS) is 31.5. The van der Waals surface area contributed by atoms with E-state index in [9.17, 15) is 4.39 Å². The van der Waals surface area contributed by atoms with E-state index >= 15 is 0 Å². The largest absolute Gasteiger partial charge is 0.199 e. The molecular weight excluding hydrogens is 309 g/mol. The maximum absolute atomic E-state index is 12.8. The summed E-state index contributed by atoms with van der Waals surface area (Å²) < 4.78 is 12.8. The summed E-state index contributed by atoms with van der Waals surface area (Å²) in [6.45, 7) is 2.29. The van der Waals surface area contributed by atoms with E-state index in [1.165, 1.54) is 82.8 Å². The van der Waals surface area contributed by atoms with Crippen molar-refractivity contribution in [2.75, 3.05) is 0 Å². The monoisotopic (exact) mass is 343 g/mol. The first-order chi connectivity index (χ1) is 12.2. The van der Waals surface area contributed by atoms with Crippen LogP contribution in [-0.2, 0) is 0 Å². The number of halogens is 1. The lowest BCUT2D eigenvalue weighted by Gasteiger charge is -2.28. The Morgan fingerprint density at radius 2 is 1.44 bits per heavy atom. The molecule has 0 spiro atoms. The van der Waals surface area contributed by atoms with Crippen molar-refractivity contribution in [1.29, 1.82) is 5.26 Å². The van der Waals surface area contributed by atoms with Crippen molar-refractivity contribution < 1.29 is 4.39 Å². The lowest BCUT2D eigenvalue weighted by molar-refractivity contribution is 0.289. The third-order valence-electron chi connectivity index (χ3n) is 6.06. The highest BCUT2D eigenvalue weighted by Crippen LogP contribution is 2.34. The molecule has 1 nitrogen and oxygen atoms in total. The molecule has 0 saturated heterocycles. The fourth-order valence-corrected chi connectivity index (χ4v) is 4.34. The second-order valence-electron chi connectivity index (χ2n) is 7.99. The molecule has 0 heterocycles. The summed E-state index contributed by atoms with van der Waals surface area (Å²) in [6.07, 6.45) is 24.7. The van der Waals surface area contributed by atoms with E-state index in [4.69, 9.17) is 5.26 Å². The summed E-state index contributed by atoms with van der Waals surface area (Å²) in [5, 5.41) is 8.39. The average Bonchev–Trinajstić information content (AvgIpc) is 2.66. The number of hydrogen-bond acceptors (Lipinski definition) is 1. The van der Waals surface area contributed by atoms with Gasteiger partial charge >= 0.3 is 0 Å². The average molecular weight is 344 g/mol. The van der Waals surface area contributed by atoms with E-state index in [0.717, 1.165) is 17.8 Å². The van der Waals surface area contributed by atoms with E-state index in [2.05, 4.69) is 25.2 Å². The van der Waals surface area contributed by atoms with Crippen LogP contribution in [0.25, 0.3) is 0 Å². The molecule has 2 heteroatoms. The van der Waals surface area contributed by atoms with Crippen LogP contribution in [0.15, 0.2) is 36.2 Å². The quantitative estimate of drug-likeness (QED) is 0.271. The molecule has 2 fully saturated rings. The second kappa shape index (κ2) is 11.3. The van der Waals surface area contributed by atoms with Crippen LogP contribution in [0.5, 0.6) is 0 Å². The Kier molecular flexibility index (Phi) is 9.02. The zero-order valence-electron chi connectivity index (χ0n) is 15.8. The van der Waals surface area contributed by atoms with Gasteiger partial charge in [0.1, 0.15) is 6.07 Å². The predicted octanol–water partition coefficient (Wildman–Crippen LogP) is 7.28. The number of rotatable bonds is 7. The standard InChI is InChI=1S/C23H34FN/c1-2-3-5-19-8-12-21(13-9-19)16-17-22-14-10-20(11-15-22)6-4-7-23(24)18-25/h4,6-7,16-17,19-22H,2-3,5,8-15H2,1H3/b6-4?,17-16+,23-7?/t19-,20?,21-,22?. The molecule has 25 heavy (non-hydrogen) atoms. The van der Waals surface area contributed by atoms with Gasteiger partial charge in [-0.2, -0.15) is 9.65 Å². The van der Waals surface area contributed by atoms with E-state index < -0.39 is 5.83 Å². The lowest BCUT2D eigenvalue weighted by Crippen LogP contribution is -2.14. The molecule has 0 radical (unpaired) electrons. The molecular formula is C23H34FN. The van der Waals surface area contributed by atoms with Crippen molar-refractivity contribution in [3.05, 3.63) is 36.2 Å². The maximum atomic E-state index is 12.8. The third-order valence-corrected chi connectivity index (χ3v) is 6.06. The molecule has 2 aliphatic carbocycles. The van der Waals surface area contributed by atoms with Gasteiger partial charge in [0.05, 0.1) is 0 Å². The molecule has 138 valence electrons. The summed E-state index contributed by atoms with van der Waals surface area (Å²) in [7, 11) is 0. The molecule has 0 unspecified atom stereocenters. The third kappa shape index (κ3) is 7.59. The van der Waals surface area contributed by atoms with Gasteiger partial charge < -0.3 is 0 Å². The van der Waals surface area contributed by atoms with Gasteiger partial charge in [-0.05, 0) is 81.1 Å². The van der Waals surface area contributed by atoms with Crippen LogP contribution in [0.4, 0.5) is 4.39 Å². The first-order valence-corrected chi connectivity index (χ1v) is 10.3. The number of nitrogens with zero attached hydrogens (tertiary/aromatic N) is 1. The van der Waals surface area contributed by atoms with E-state index in [0.29, 0.717) is 5.92 Å². The molecule has 2 aliphatic rings. The second-order valence-corrected chi connectivity index (χ2v) is 7.99. The van der Waals surface area contributed by atoms with Gasteiger partial charge in [-0.15, -0.1) is 0 Å². The number of unbranched alkanes of at least 4 members (excludes halogenated alkanes) is 1. The van der Waals surface area contributed by atoms with Crippen molar-refractivity contribution in [3.8, 4) is 6.07 Å². The molecule has 0 N–H and O–H groups in total. The van der Waals surface area contributed by atoms with E-state index in [-0.39, 0.29) is 0 Å². The molecule has 0 atom stereocenters. The lowest BCUT2D eigenvalue weighted by atomic mass is 9.78. The summed E-state index contributed by atoms with van der Waals surface area (Å²) in [5.74, 6) is 2.37. The molecule has 0 aromatic carbocycles. The van der Waals surface area contributed by atoms with Gasteiger partial charge in [0, 0.05) is 0 Å². The Balaban J connectivity index is 1.65. The van der Waals surface area contributed by atoms with Crippen molar-refractivity contribution in [2.45, 2.75) is 77.6 Å². The molecule has 0 aliphatic heterocycles. The molecule has 0 aromatic heterocycles. The molecule has 0 aromatic rings. The van der Waals surface area contributed by atoms with Crippen molar-refractivity contribution in [1.82, 2.24) is 0 Å². The van der Waals surface area contributed by atoms with Gasteiger partial charge in [0.15, 0.2) is 5.83 Å². The molecule has 2 rings (SSSR count). The first-order valence-electron chi connectivity index (χ1n) is 10.3. The molecule has 0 amide bonds. The Morgan fingerprint density at radius 1 is 0.920 bits per heavy atom. The number of allylic oxidation sites excluding steroid dienone is 6. The van der Waals surface area contributed by atoms with Gasteiger partial charge in [0.2, 0.25) is 0 Å². The van der Waals surface area contributed by atoms with Crippen LogP contribution in [-0.4, -0.2) is 0 Å². The number of nitriles is 1.